The number of aryl methyl sites for hydroxylation is 3. The molecule has 35 heavy (non-hydrogen) atoms. The van der Waals surface area contributed by atoms with E-state index in [1.165, 1.54) is 4.90 Å². The fourth-order valence-electron chi connectivity index (χ4n) is 4.92. The number of aromatic nitrogens is 1. The average molecular weight is 490 g/mol. The molecule has 3 heterocycles. The van der Waals surface area contributed by atoms with Crippen molar-refractivity contribution < 1.29 is 19.5 Å². The zero-order chi connectivity index (χ0) is 24.9. The molecule has 3 amide bonds. The van der Waals surface area contributed by atoms with Crippen molar-refractivity contribution in [3.05, 3.63) is 80.1 Å². The van der Waals surface area contributed by atoms with Crippen LogP contribution in [0.15, 0.2) is 36.0 Å². The number of nitrogens with one attached hydrogen (secondary N) is 1. The van der Waals surface area contributed by atoms with E-state index in [-0.39, 0.29) is 18.1 Å². The Bertz CT molecular complexity index is 1390. The van der Waals surface area contributed by atoms with Crippen LogP contribution in [0.25, 0.3) is 11.1 Å². The third-order valence-corrected chi connectivity index (χ3v) is 8.04. The molecule has 2 aromatic heterocycles. The molecular formula is C27H27N3O4S. The lowest BCUT2D eigenvalue weighted by molar-refractivity contribution is -0.123. The lowest BCUT2D eigenvalue weighted by Gasteiger charge is -2.12. The molecular weight excluding hydrogens is 462 g/mol. The van der Waals surface area contributed by atoms with Gasteiger partial charge in [0, 0.05) is 16.3 Å². The first-order valence-corrected chi connectivity index (χ1v) is 12.5. The topological polar surface area (TPSA) is 91.6 Å². The fraction of sp³-hybridized carbons (Fsp3) is 0.296. The van der Waals surface area contributed by atoms with Crippen molar-refractivity contribution >= 4 is 35.3 Å². The minimum atomic E-state index is -0.906. The number of hydrogen-bond acceptors (Lipinski definition) is 4. The number of aromatic carboxylic acids is 1. The Morgan fingerprint density at radius 1 is 1.11 bits per heavy atom. The zero-order valence-electron chi connectivity index (χ0n) is 20.0. The summed E-state index contributed by atoms with van der Waals surface area (Å²) in [6, 6.07) is 9.20. The minimum absolute atomic E-state index is 0.198. The van der Waals surface area contributed by atoms with Gasteiger partial charge in [0.25, 0.3) is 5.91 Å². The number of hydrogen-bond donors (Lipinski definition) is 2. The molecule has 180 valence electrons. The summed E-state index contributed by atoms with van der Waals surface area (Å²) in [5, 5.41) is 13.4. The molecule has 1 fully saturated rings. The van der Waals surface area contributed by atoms with Crippen LogP contribution in [0.4, 0.5) is 4.79 Å². The second kappa shape index (κ2) is 8.85. The molecule has 0 bridgehead atoms. The maximum Gasteiger partial charge on any atom is 0.339 e. The van der Waals surface area contributed by atoms with Crippen molar-refractivity contribution in [3.8, 4) is 5.00 Å². The average Bonchev–Trinajstić information content (AvgIpc) is 3.42. The monoisotopic (exact) mass is 489 g/mol. The molecule has 1 aliphatic carbocycles. The van der Waals surface area contributed by atoms with Crippen molar-refractivity contribution in [2.45, 2.75) is 53.0 Å². The molecule has 1 aliphatic heterocycles. The summed E-state index contributed by atoms with van der Waals surface area (Å²) in [6.07, 6.45) is 5.47. The van der Waals surface area contributed by atoms with Crippen molar-refractivity contribution in [1.29, 1.82) is 0 Å². The third kappa shape index (κ3) is 4.08. The van der Waals surface area contributed by atoms with Crippen LogP contribution < -0.4 is 5.32 Å². The second-order valence-corrected chi connectivity index (χ2v) is 10.3. The molecule has 1 saturated heterocycles. The largest absolute Gasteiger partial charge is 0.478 e. The van der Waals surface area contributed by atoms with Crippen LogP contribution in [0.5, 0.6) is 0 Å². The van der Waals surface area contributed by atoms with Gasteiger partial charge in [-0.25, -0.2) is 9.59 Å². The highest BCUT2D eigenvalue weighted by molar-refractivity contribution is 7.15. The van der Waals surface area contributed by atoms with Crippen LogP contribution in [0.1, 0.15) is 61.7 Å². The highest BCUT2D eigenvalue weighted by Crippen LogP contribution is 2.39. The van der Waals surface area contributed by atoms with Crippen molar-refractivity contribution in [3.63, 3.8) is 0 Å². The van der Waals surface area contributed by atoms with Crippen LogP contribution in [0, 0.1) is 20.8 Å². The quantitative estimate of drug-likeness (QED) is 0.384. The summed E-state index contributed by atoms with van der Waals surface area (Å²) in [7, 11) is 0. The highest BCUT2D eigenvalue weighted by Gasteiger charge is 2.34. The molecule has 3 aromatic rings. The number of rotatable bonds is 5. The summed E-state index contributed by atoms with van der Waals surface area (Å²) < 4.78 is 1.96. The Kier molecular flexibility index (Phi) is 5.84. The first kappa shape index (κ1) is 23.1. The van der Waals surface area contributed by atoms with Gasteiger partial charge in [0.15, 0.2) is 0 Å². The Morgan fingerprint density at radius 3 is 2.54 bits per heavy atom. The van der Waals surface area contributed by atoms with Gasteiger partial charge in [-0.2, -0.15) is 0 Å². The number of imide groups is 1. The standard InChI is InChI=1S/C27H27N3O4S/c1-15-8-10-18(11-9-15)14-29-24(31)21(28-27(29)34)13-19-12-16(2)30(17(19)3)25-23(26(32)33)20-6-4-5-7-22(20)35-25/h8-13H,4-7,14H2,1-3H3,(H,28,34)(H,32,33)/b21-13-. The first-order chi connectivity index (χ1) is 16.7. The minimum Gasteiger partial charge on any atom is -0.478 e. The summed E-state index contributed by atoms with van der Waals surface area (Å²) in [4.78, 5) is 40.1. The predicted molar refractivity (Wildman–Crippen MR) is 135 cm³/mol. The van der Waals surface area contributed by atoms with E-state index < -0.39 is 12.0 Å². The summed E-state index contributed by atoms with van der Waals surface area (Å²) in [6.45, 7) is 6.02. The van der Waals surface area contributed by atoms with E-state index in [4.69, 9.17) is 0 Å². The van der Waals surface area contributed by atoms with E-state index in [2.05, 4.69) is 5.32 Å². The van der Waals surface area contributed by atoms with E-state index in [1.54, 1.807) is 17.4 Å². The van der Waals surface area contributed by atoms with E-state index >= 15 is 0 Å². The van der Waals surface area contributed by atoms with E-state index in [0.717, 1.165) is 64.2 Å². The molecule has 0 atom stereocenters. The lowest BCUT2D eigenvalue weighted by atomic mass is 9.95. The van der Waals surface area contributed by atoms with Crippen molar-refractivity contribution in [1.82, 2.24) is 14.8 Å². The highest BCUT2D eigenvalue weighted by atomic mass is 32.1. The molecule has 0 radical (unpaired) electrons. The predicted octanol–water partition coefficient (Wildman–Crippen LogP) is 5.13. The number of carbonyl (C=O) groups excluding carboxylic acids is 2. The van der Waals surface area contributed by atoms with Crippen LogP contribution in [-0.4, -0.2) is 32.5 Å². The Labute approximate surface area is 207 Å². The molecule has 7 nitrogen and oxygen atoms in total. The molecule has 2 aliphatic rings. The van der Waals surface area contributed by atoms with Gasteiger partial charge in [0.05, 0.1) is 12.1 Å². The third-order valence-electron chi connectivity index (χ3n) is 6.76. The van der Waals surface area contributed by atoms with Crippen molar-refractivity contribution in [2.24, 2.45) is 0 Å². The maximum atomic E-state index is 13.0. The van der Waals surface area contributed by atoms with Gasteiger partial charge in [-0.05, 0) is 75.3 Å². The maximum absolute atomic E-state index is 13.0. The van der Waals surface area contributed by atoms with E-state index in [9.17, 15) is 19.5 Å². The number of urea groups is 1. The molecule has 8 heteroatoms. The smallest absolute Gasteiger partial charge is 0.339 e. The first-order valence-electron chi connectivity index (χ1n) is 11.7. The van der Waals surface area contributed by atoms with E-state index in [1.807, 2.05) is 55.7 Å². The lowest BCUT2D eigenvalue weighted by Crippen LogP contribution is -2.30. The number of thiophene rings is 1. The number of carbonyl (C=O) groups is 3. The van der Waals surface area contributed by atoms with Gasteiger partial charge in [0.2, 0.25) is 0 Å². The van der Waals surface area contributed by atoms with Crippen LogP contribution >= 0.6 is 11.3 Å². The second-order valence-electron chi connectivity index (χ2n) is 9.22. The number of benzene rings is 1. The normalized spacial score (nSPS) is 16.7. The zero-order valence-corrected chi connectivity index (χ0v) is 20.8. The Morgan fingerprint density at radius 2 is 1.83 bits per heavy atom. The molecule has 5 rings (SSSR count). The molecule has 1 aromatic carbocycles. The molecule has 2 N–H and O–H groups in total. The van der Waals surface area contributed by atoms with Crippen molar-refractivity contribution in [2.75, 3.05) is 0 Å². The van der Waals surface area contributed by atoms with Crippen LogP contribution in [0.3, 0.4) is 0 Å². The fourth-order valence-corrected chi connectivity index (χ4v) is 6.41. The number of nitrogens with zero attached hydrogens (tertiary/aromatic N) is 2. The summed E-state index contributed by atoms with van der Waals surface area (Å²) in [5.41, 5.74) is 6.03. The molecule has 0 unspecified atom stereocenters. The van der Waals surface area contributed by atoms with Gasteiger partial charge >= 0.3 is 12.0 Å². The number of carboxylic acid groups (broad SMARTS) is 1. The van der Waals surface area contributed by atoms with Crippen LogP contribution in [0.2, 0.25) is 0 Å². The molecule has 0 spiro atoms. The number of fused-ring (bicyclic) bond motifs is 1. The Hall–Kier alpha value is -3.65. The number of amides is 3. The van der Waals surface area contributed by atoms with Crippen LogP contribution in [-0.2, 0) is 24.2 Å². The van der Waals surface area contributed by atoms with Gasteiger partial charge < -0.3 is 15.0 Å². The van der Waals surface area contributed by atoms with Gasteiger partial charge in [-0.15, -0.1) is 11.3 Å². The van der Waals surface area contributed by atoms with E-state index in [0.29, 0.717) is 10.6 Å². The SMILES string of the molecule is Cc1ccc(CN2C(=O)N/C(=C\c3cc(C)n(-c4sc5c(c4C(=O)O)CCCC5)c3C)C2=O)cc1. The number of carboxylic acids is 1. The summed E-state index contributed by atoms with van der Waals surface area (Å²) >= 11 is 1.55. The van der Waals surface area contributed by atoms with Gasteiger partial charge in [-0.3, -0.25) is 9.69 Å². The Balaban J connectivity index is 1.48. The van der Waals surface area contributed by atoms with Gasteiger partial charge in [-0.1, -0.05) is 29.8 Å². The molecule has 0 saturated carbocycles. The summed E-state index contributed by atoms with van der Waals surface area (Å²) in [5.74, 6) is -1.28. The van der Waals surface area contributed by atoms with Gasteiger partial charge in [0.1, 0.15) is 10.7 Å².